The molecule has 0 aliphatic rings. The molecule has 2 heterocycles. The van der Waals surface area contributed by atoms with Crippen molar-refractivity contribution in [2.24, 2.45) is 0 Å². The van der Waals surface area contributed by atoms with Crippen molar-refractivity contribution in [3.05, 3.63) is 89.9 Å². The third-order valence-corrected chi connectivity index (χ3v) is 5.28. The number of rotatable bonds is 9. The van der Waals surface area contributed by atoms with Crippen LogP contribution in [0.2, 0.25) is 0 Å². The van der Waals surface area contributed by atoms with Crippen LogP contribution >= 0.6 is 0 Å². The normalized spacial score (nSPS) is 12.2. The van der Waals surface area contributed by atoms with Crippen LogP contribution in [-0.4, -0.2) is 20.0 Å². The number of nitrogens with zero attached hydrogens (tertiary/aromatic N) is 4. The summed E-state index contributed by atoms with van der Waals surface area (Å²) in [5.74, 6) is 0.0843. The van der Waals surface area contributed by atoms with Gasteiger partial charge in [0.05, 0.1) is 6.20 Å². The SMILES string of the molecule is CC(=Cc1cccc(Oc2ccc(CCCCn3ccnn3)cc2)c1C(F)(F)F)c1cocn1. The Morgan fingerprint density at radius 1 is 1.12 bits per heavy atom. The summed E-state index contributed by atoms with van der Waals surface area (Å²) < 4.78 is 54.4. The fourth-order valence-electron chi connectivity index (χ4n) is 3.58. The van der Waals surface area contributed by atoms with E-state index in [-0.39, 0.29) is 11.3 Å². The van der Waals surface area contributed by atoms with E-state index < -0.39 is 11.7 Å². The van der Waals surface area contributed by atoms with E-state index in [4.69, 9.17) is 9.15 Å². The molecule has 4 aromatic rings. The highest BCUT2D eigenvalue weighted by Gasteiger charge is 2.37. The molecular formula is C25H23F3N4O2. The van der Waals surface area contributed by atoms with Crippen molar-refractivity contribution in [2.75, 3.05) is 0 Å². The molecule has 0 amide bonds. The van der Waals surface area contributed by atoms with Gasteiger partial charge in [-0.25, -0.2) is 4.98 Å². The number of hydrogen-bond acceptors (Lipinski definition) is 5. The number of halogens is 3. The van der Waals surface area contributed by atoms with Crippen LogP contribution in [0.3, 0.4) is 0 Å². The van der Waals surface area contributed by atoms with Gasteiger partial charge < -0.3 is 9.15 Å². The number of allylic oxidation sites excluding steroid dienone is 1. The molecule has 0 aliphatic carbocycles. The van der Waals surface area contributed by atoms with E-state index in [0.717, 1.165) is 31.4 Å². The lowest BCUT2D eigenvalue weighted by Crippen LogP contribution is -2.09. The largest absolute Gasteiger partial charge is 0.457 e. The van der Waals surface area contributed by atoms with Crippen LogP contribution in [0, 0.1) is 0 Å². The van der Waals surface area contributed by atoms with Crippen molar-refractivity contribution in [3.8, 4) is 11.5 Å². The first-order valence-corrected chi connectivity index (χ1v) is 10.8. The summed E-state index contributed by atoms with van der Waals surface area (Å²) in [4.78, 5) is 3.99. The third-order valence-electron chi connectivity index (χ3n) is 5.28. The number of aromatic nitrogens is 4. The first kappa shape index (κ1) is 23.3. The predicted molar refractivity (Wildman–Crippen MR) is 121 cm³/mol. The number of benzene rings is 2. The van der Waals surface area contributed by atoms with Gasteiger partial charge in [-0.15, -0.1) is 5.10 Å². The van der Waals surface area contributed by atoms with Crippen LogP contribution in [0.5, 0.6) is 11.5 Å². The Morgan fingerprint density at radius 2 is 1.94 bits per heavy atom. The zero-order chi connectivity index (χ0) is 24.0. The number of alkyl halides is 3. The Labute approximate surface area is 194 Å². The summed E-state index contributed by atoms with van der Waals surface area (Å²) in [7, 11) is 0. The molecule has 6 nitrogen and oxygen atoms in total. The maximum atomic E-state index is 14.0. The summed E-state index contributed by atoms with van der Waals surface area (Å²) in [5, 5.41) is 7.70. The molecule has 34 heavy (non-hydrogen) atoms. The lowest BCUT2D eigenvalue weighted by Gasteiger charge is -2.17. The molecule has 9 heteroatoms. The Hall–Kier alpha value is -3.88. The molecule has 0 saturated heterocycles. The van der Waals surface area contributed by atoms with Crippen molar-refractivity contribution in [3.63, 3.8) is 0 Å². The van der Waals surface area contributed by atoms with Crippen molar-refractivity contribution in [2.45, 2.75) is 38.9 Å². The zero-order valence-electron chi connectivity index (χ0n) is 18.5. The molecule has 176 valence electrons. The lowest BCUT2D eigenvalue weighted by molar-refractivity contribution is -0.138. The van der Waals surface area contributed by atoms with E-state index in [1.54, 1.807) is 29.9 Å². The third kappa shape index (κ3) is 5.92. The Morgan fingerprint density at radius 3 is 2.62 bits per heavy atom. The highest BCUT2D eigenvalue weighted by Crippen LogP contribution is 2.41. The molecule has 0 saturated carbocycles. The molecular weight excluding hydrogens is 445 g/mol. The maximum Gasteiger partial charge on any atom is 0.420 e. The van der Waals surface area contributed by atoms with E-state index in [9.17, 15) is 13.2 Å². The first-order valence-electron chi connectivity index (χ1n) is 10.8. The Balaban J connectivity index is 1.47. The van der Waals surface area contributed by atoms with Crippen LogP contribution < -0.4 is 4.74 Å². The predicted octanol–water partition coefficient (Wildman–Crippen LogP) is 6.66. The van der Waals surface area contributed by atoms with E-state index in [1.165, 1.54) is 36.9 Å². The molecule has 0 N–H and O–H groups in total. The molecule has 0 fully saturated rings. The second-order valence-corrected chi connectivity index (χ2v) is 7.79. The van der Waals surface area contributed by atoms with Crippen LogP contribution in [0.25, 0.3) is 11.6 Å². The van der Waals surface area contributed by atoms with Gasteiger partial charge in [-0.1, -0.05) is 29.5 Å². The van der Waals surface area contributed by atoms with Gasteiger partial charge in [0.15, 0.2) is 6.39 Å². The van der Waals surface area contributed by atoms with Crippen LogP contribution in [0.15, 0.2) is 71.9 Å². The van der Waals surface area contributed by atoms with Crippen molar-refractivity contribution < 1.29 is 22.3 Å². The van der Waals surface area contributed by atoms with Gasteiger partial charge in [0.1, 0.15) is 29.0 Å². The number of hydrogen-bond donors (Lipinski definition) is 0. The molecule has 0 bridgehead atoms. The molecule has 2 aromatic carbocycles. The van der Waals surface area contributed by atoms with Crippen molar-refractivity contribution in [1.82, 2.24) is 20.0 Å². The van der Waals surface area contributed by atoms with Gasteiger partial charge >= 0.3 is 6.18 Å². The fourth-order valence-corrected chi connectivity index (χ4v) is 3.58. The van der Waals surface area contributed by atoms with Gasteiger partial charge in [0, 0.05) is 12.7 Å². The monoisotopic (exact) mass is 468 g/mol. The average Bonchev–Trinajstić information content (AvgIpc) is 3.52. The van der Waals surface area contributed by atoms with Gasteiger partial charge in [0.25, 0.3) is 0 Å². The minimum atomic E-state index is -4.60. The number of ether oxygens (including phenoxy) is 1. The summed E-state index contributed by atoms with van der Waals surface area (Å²) in [6.07, 6.45) is 5.67. The average molecular weight is 468 g/mol. The second kappa shape index (κ2) is 10.4. The molecule has 0 radical (unpaired) electrons. The standard InChI is InChI=1S/C25H23F3N4O2/c1-18(22-16-33-17-29-22)15-20-6-4-7-23(24(20)25(26,27)28)34-21-10-8-19(9-11-21)5-2-3-13-32-14-12-30-31-32/h4,6-12,14-17H,2-3,5,13H2,1H3. The zero-order valence-corrected chi connectivity index (χ0v) is 18.5. The van der Waals surface area contributed by atoms with E-state index in [0.29, 0.717) is 17.0 Å². The minimum Gasteiger partial charge on any atom is -0.457 e. The highest BCUT2D eigenvalue weighted by molar-refractivity contribution is 5.80. The summed E-state index contributed by atoms with van der Waals surface area (Å²) in [5.41, 5.74) is 1.26. The van der Waals surface area contributed by atoms with Gasteiger partial charge in [-0.3, -0.25) is 4.68 Å². The van der Waals surface area contributed by atoms with Crippen LogP contribution in [0.4, 0.5) is 13.2 Å². The van der Waals surface area contributed by atoms with Gasteiger partial charge in [-0.2, -0.15) is 13.2 Å². The molecule has 2 aromatic heterocycles. The smallest absolute Gasteiger partial charge is 0.420 e. The van der Waals surface area contributed by atoms with E-state index in [2.05, 4.69) is 15.3 Å². The van der Waals surface area contributed by atoms with Crippen LogP contribution in [-0.2, 0) is 19.1 Å². The number of aryl methyl sites for hydroxylation is 2. The van der Waals surface area contributed by atoms with Gasteiger partial charge in [0.2, 0.25) is 0 Å². The Bertz CT molecular complexity index is 1220. The summed E-state index contributed by atoms with van der Waals surface area (Å²) in [6.45, 7) is 2.47. The Kier molecular flexibility index (Phi) is 7.10. The number of unbranched alkanes of at least 4 members (excludes halogenated alkanes) is 1. The quantitative estimate of drug-likeness (QED) is 0.257. The highest BCUT2D eigenvalue weighted by atomic mass is 19.4. The molecule has 0 spiro atoms. The maximum absolute atomic E-state index is 14.0. The van der Waals surface area contributed by atoms with E-state index >= 15 is 0 Å². The fraction of sp³-hybridized carbons (Fsp3) is 0.240. The van der Waals surface area contributed by atoms with Crippen molar-refractivity contribution >= 4 is 11.6 Å². The van der Waals surface area contributed by atoms with Crippen molar-refractivity contribution in [1.29, 1.82) is 0 Å². The molecule has 0 aliphatic heterocycles. The molecule has 0 unspecified atom stereocenters. The summed E-state index contributed by atoms with van der Waals surface area (Å²) >= 11 is 0. The number of oxazole rings is 1. The molecule has 4 rings (SSSR count). The minimum absolute atomic E-state index is 0.00509. The lowest BCUT2D eigenvalue weighted by atomic mass is 10.0. The first-order chi connectivity index (χ1) is 16.4. The summed E-state index contributed by atoms with van der Waals surface area (Å²) in [6, 6.07) is 11.4. The van der Waals surface area contributed by atoms with E-state index in [1.807, 2.05) is 18.3 Å². The van der Waals surface area contributed by atoms with Gasteiger partial charge in [-0.05, 0) is 67.2 Å². The molecule has 0 atom stereocenters. The topological polar surface area (TPSA) is 66.0 Å². The van der Waals surface area contributed by atoms with Crippen LogP contribution in [0.1, 0.15) is 42.1 Å². The second-order valence-electron chi connectivity index (χ2n) is 7.79.